The summed E-state index contributed by atoms with van der Waals surface area (Å²) in [6.45, 7) is 1.27. The van der Waals surface area contributed by atoms with Gasteiger partial charge in [0.1, 0.15) is 5.76 Å². The Morgan fingerprint density at radius 2 is 1.85 bits per heavy atom. The summed E-state index contributed by atoms with van der Waals surface area (Å²) in [6.07, 6.45) is 4.16. The maximum Gasteiger partial charge on any atom is 0.397 e. The van der Waals surface area contributed by atoms with Gasteiger partial charge in [-0.25, -0.2) is 0 Å². The van der Waals surface area contributed by atoms with Crippen LogP contribution >= 0.6 is 20.2 Å². The van der Waals surface area contributed by atoms with E-state index in [0.717, 1.165) is 36.5 Å². The number of hydrogen-bond acceptors (Lipinski definition) is 3. The minimum atomic E-state index is -1.14. The van der Waals surface area contributed by atoms with Crippen LogP contribution in [-0.2, 0) is 13.6 Å². The van der Waals surface area contributed by atoms with E-state index in [1.165, 1.54) is 0 Å². The van der Waals surface area contributed by atoms with Crippen LogP contribution in [0.4, 0.5) is 0 Å². The van der Waals surface area contributed by atoms with Crippen LogP contribution < -0.4 is 0 Å². The van der Waals surface area contributed by atoms with E-state index in [2.05, 4.69) is 0 Å². The van der Waals surface area contributed by atoms with Gasteiger partial charge in [0.15, 0.2) is 0 Å². The molecular formula is C8H12ClO3P. The van der Waals surface area contributed by atoms with Crippen molar-refractivity contribution in [3.05, 3.63) is 10.8 Å². The van der Waals surface area contributed by atoms with E-state index < -0.39 is 8.60 Å². The van der Waals surface area contributed by atoms with Gasteiger partial charge >= 0.3 is 8.60 Å². The molecule has 1 fully saturated rings. The lowest BCUT2D eigenvalue weighted by atomic mass is 10.1. The third kappa shape index (κ3) is 2.57. The van der Waals surface area contributed by atoms with E-state index in [-0.39, 0.29) is 0 Å². The van der Waals surface area contributed by atoms with Gasteiger partial charge in [0, 0.05) is 6.42 Å². The fraction of sp³-hybridized carbons (Fsp3) is 0.750. The van der Waals surface area contributed by atoms with Crippen molar-refractivity contribution in [1.29, 1.82) is 0 Å². The first-order valence-electron chi connectivity index (χ1n) is 4.48. The van der Waals surface area contributed by atoms with Crippen molar-refractivity contribution in [2.45, 2.75) is 25.7 Å². The molecule has 0 bridgehead atoms. The van der Waals surface area contributed by atoms with Crippen LogP contribution in [0.25, 0.3) is 0 Å². The minimum absolute atomic E-state index is 0.636. The lowest BCUT2D eigenvalue weighted by molar-refractivity contribution is 0.289. The first kappa shape index (κ1) is 9.72. The van der Waals surface area contributed by atoms with Gasteiger partial charge in [-0.1, -0.05) is 11.6 Å². The second kappa shape index (κ2) is 4.61. The van der Waals surface area contributed by atoms with Crippen LogP contribution in [0.5, 0.6) is 0 Å². The molecule has 1 heterocycles. The zero-order valence-corrected chi connectivity index (χ0v) is 8.94. The Bertz CT molecular complexity index is 213. The third-order valence-corrected chi connectivity index (χ3v) is 3.57. The maximum absolute atomic E-state index is 6.01. The van der Waals surface area contributed by atoms with Crippen molar-refractivity contribution in [1.82, 2.24) is 0 Å². The van der Waals surface area contributed by atoms with Crippen molar-refractivity contribution in [2.24, 2.45) is 0 Å². The summed E-state index contributed by atoms with van der Waals surface area (Å²) in [4.78, 5) is 0. The molecule has 5 heteroatoms. The molecule has 2 rings (SSSR count). The van der Waals surface area contributed by atoms with Crippen LogP contribution in [-0.4, -0.2) is 13.2 Å². The molecule has 2 aliphatic rings. The Hall–Kier alpha value is 0.180. The Morgan fingerprint density at radius 1 is 1.15 bits per heavy atom. The van der Waals surface area contributed by atoms with Gasteiger partial charge in [-0.15, -0.1) is 0 Å². The standard InChI is InChI=1S/C8H12ClO3P/c9-7-3-1-2-4-8(7)12-13-10-5-6-11-13/h1-6H2. The predicted octanol–water partition coefficient (Wildman–Crippen LogP) is 3.30. The van der Waals surface area contributed by atoms with Gasteiger partial charge in [-0.05, 0) is 19.3 Å². The summed E-state index contributed by atoms with van der Waals surface area (Å²) in [5, 5.41) is 0.841. The van der Waals surface area contributed by atoms with Gasteiger partial charge in [-0.3, -0.25) is 0 Å². The second-order valence-corrected chi connectivity index (χ2v) is 4.62. The third-order valence-electron chi connectivity index (χ3n) is 2.01. The zero-order valence-electron chi connectivity index (χ0n) is 7.29. The van der Waals surface area contributed by atoms with Crippen molar-refractivity contribution in [3.8, 4) is 0 Å². The predicted molar refractivity (Wildman–Crippen MR) is 51.3 cm³/mol. The van der Waals surface area contributed by atoms with Gasteiger partial charge < -0.3 is 13.6 Å². The zero-order chi connectivity index (χ0) is 9.10. The average Bonchev–Trinajstić information content (AvgIpc) is 2.61. The molecule has 0 aromatic heterocycles. The molecule has 0 radical (unpaired) electrons. The first-order chi connectivity index (χ1) is 6.36. The van der Waals surface area contributed by atoms with Crippen molar-refractivity contribution < 1.29 is 13.6 Å². The highest BCUT2D eigenvalue weighted by Gasteiger charge is 2.24. The Balaban J connectivity index is 1.91. The van der Waals surface area contributed by atoms with E-state index in [1.807, 2.05) is 0 Å². The van der Waals surface area contributed by atoms with Gasteiger partial charge in [0.05, 0.1) is 18.2 Å². The monoisotopic (exact) mass is 222 g/mol. The molecule has 0 aromatic carbocycles. The maximum atomic E-state index is 6.01. The normalized spacial score (nSPS) is 25.3. The van der Waals surface area contributed by atoms with Crippen molar-refractivity contribution >= 4 is 20.2 Å². The molecule has 0 atom stereocenters. The quantitative estimate of drug-likeness (QED) is 0.671. The van der Waals surface area contributed by atoms with E-state index in [1.54, 1.807) is 0 Å². The molecule has 3 nitrogen and oxygen atoms in total. The van der Waals surface area contributed by atoms with Crippen molar-refractivity contribution in [2.75, 3.05) is 13.2 Å². The summed E-state index contributed by atoms with van der Waals surface area (Å²) in [5.41, 5.74) is 0. The van der Waals surface area contributed by atoms with Crippen LogP contribution in [0.15, 0.2) is 10.8 Å². The Kier molecular flexibility index (Phi) is 3.45. The van der Waals surface area contributed by atoms with Crippen LogP contribution in [0.1, 0.15) is 25.7 Å². The number of halogens is 1. The summed E-state index contributed by atoms with van der Waals surface area (Å²) >= 11 is 6.01. The molecule has 1 saturated heterocycles. The molecule has 0 amide bonds. The molecule has 0 N–H and O–H groups in total. The fourth-order valence-electron chi connectivity index (χ4n) is 1.34. The number of rotatable bonds is 2. The van der Waals surface area contributed by atoms with Gasteiger partial charge in [0.2, 0.25) is 0 Å². The van der Waals surface area contributed by atoms with E-state index in [4.69, 9.17) is 25.2 Å². The number of hydrogen-bond donors (Lipinski definition) is 0. The van der Waals surface area contributed by atoms with Crippen LogP contribution in [0.2, 0.25) is 0 Å². The highest BCUT2D eigenvalue weighted by molar-refractivity contribution is 7.42. The SMILES string of the molecule is ClC1=C(OP2OCCO2)CCCC1. The molecule has 1 aliphatic heterocycles. The summed E-state index contributed by atoms with van der Waals surface area (Å²) in [7, 11) is -1.14. The highest BCUT2D eigenvalue weighted by Crippen LogP contribution is 2.48. The van der Waals surface area contributed by atoms with Crippen LogP contribution in [0.3, 0.4) is 0 Å². The van der Waals surface area contributed by atoms with Gasteiger partial charge in [-0.2, -0.15) is 0 Å². The van der Waals surface area contributed by atoms with Crippen LogP contribution in [0, 0.1) is 0 Å². The van der Waals surface area contributed by atoms with Crippen molar-refractivity contribution in [3.63, 3.8) is 0 Å². The molecule has 13 heavy (non-hydrogen) atoms. The second-order valence-electron chi connectivity index (χ2n) is 3.02. The summed E-state index contributed by atoms with van der Waals surface area (Å²) in [6, 6.07) is 0. The van der Waals surface area contributed by atoms with Gasteiger partial charge in [0.25, 0.3) is 0 Å². The van der Waals surface area contributed by atoms with E-state index in [9.17, 15) is 0 Å². The lowest BCUT2D eigenvalue weighted by Crippen LogP contribution is -1.98. The smallest absolute Gasteiger partial charge is 0.397 e. The largest absolute Gasteiger partial charge is 0.430 e. The average molecular weight is 223 g/mol. The molecule has 1 aliphatic carbocycles. The molecular weight excluding hydrogens is 211 g/mol. The summed E-state index contributed by atoms with van der Waals surface area (Å²) in [5.74, 6) is 0.876. The Morgan fingerprint density at radius 3 is 2.54 bits per heavy atom. The highest BCUT2D eigenvalue weighted by atomic mass is 35.5. The summed E-state index contributed by atoms with van der Waals surface area (Å²) < 4.78 is 16.0. The lowest BCUT2D eigenvalue weighted by Gasteiger charge is -2.18. The number of allylic oxidation sites excluding steroid dienone is 2. The first-order valence-corrected chi connectivity index (χ1v) is 5.95. The van der Waals surface area contributed by atoms with E-state index >= 15 is 0 Å². The fourth-order valence-corrected chi connectivity index (χ4v) is 2.67. The molecule has 74 valence electrons. The molecule has 0 aromatic rings. The molecule has 0 unspecified atom stereocenters. The topological polar surface area (TPSA) is 27.7 Å². The Labute approximate surface area is 84.0 Å². The molecule has 0 saturated carbocycles. The van der Waals surface area contributed by atoms with E-state index in [0.29, 0.717) is 13.2 Å². The molecule has 0 spiro atoms. The minimum Gasteiger partial charge on any atom is -0.430 e.